The van der Waals surface area contributed by atoms with Crippen LogP contribution in [-0.2, 0) is 17.8 Å². The van der Waals surface area contributed by atoms with E-state index < -0.39 is 5.25 Å². The Hall–Kier alpha value is -2.87. The number of rotatable bonds is 6. The van der Waals surface area contributed by atoms with Crippen molar-refractivity contribution < 1.29 is 19.1 Å². The molecule has 0 saturated carbocycles. The fraction of sp³-hybridized carbons (Fsp3) is 0.263. The molecule has 1 aliphatic rings. The third-order valence-electron chi connectivity index (χ3n) is 4.09. The first-order chi connectivity index (χ1) is 13.0. The van der Waals surface area contributed by atoms with Gasteiger partial charge in [-0.3, -0.25) is 19.7 Å². The van der Waals surface area contributed by atoms with Crippen LogP contribution >= 0.6 is 11.8 Å². The van der Waals surface area contributed by atoms with Gasteiger partial charge in [-0.1, -0.05) is 30.0 Å². The molecule has 0 aliphatic carbocycles. The fourth-order valence-corrected chi connectivity index (χ4v) is 3.63. The Morgan fingerprint density at radius 2 is 2.11 bits per heavy atom. The lowest BCUT2D eigenvalue weighted by Gasteiger charge is -2.13. The molecule has 1 saturated heterocycles. The van der Waals surface area contributed by atoms with Crippen LogP contribution in [0.5, 0.6) is 5.75 Å². The second-order valence-electron chi connectivity index (χ2n) is 6.08. The lowest BCUT2D eigenvalue weighted by atomic mass is 10.0. The highest BCUT2D eigenvalue weighted by atomic mass is 32.2. The average molecular weight is 385 g/mol. The molecule has 0 spiro atoms. The number of aryl methyl sites for hydroxylation is 1. The Bertz CT molecular complexity index is 900. The quantitative estimate of drug-likeness (QED) is 0.791. The maximum Gasteiger partial charge on any atom is 0.286 e. The molecule has 3 amide bonds. The first-order valence-corrected chi connectivity index (χ1v) is 9.23. The number of methoxy groups -OCH3 is 1. The van der Waals surface area contributed by atoms with Crippen molar-refractivity contribution in [3.8, 4) is 5.75 Å². The van der Waals surface area contributed by atoms with E-state index in [2.05, 4.69) is 15.6 Å². The van der Waals surface area contributed by atoms with Crippen LogP contribution in [0.4, 0.5) is 4.79 Å². The number of carbonyl (C=O) groups is 3. The zero-order chi connectivity index (χ0) is 19.4. The van der Waals surface area contributed by atoms with Gasteiger partial charge < -0.3 is 10.1 Å². The van der Waals surface area contributed by atoms with Gasteiger partial charge >= 0.3 is 0 Å². The number of nitrogens with zero attached hydrogens (tertiary/aromatic N) is 1. The minimum Gasteiger partial charge on any atom is -0.496 e. The van der Waals surface area contributed by atoms with E-state index in [1.807, 2.05) is 25.1 Å². The number of nitrogens with one attached hydrogen (secondary N) is 2. The summed E-state index contributed by atoms with van der Waals surface area (Å²) in [6.07, 6.45) is 0.423. The molecule has 1 unspecified atom stereocenters. The molecule has 2 aromatic rings. The molecule has 0 radical (unpaired) electrons. The topological polar surface area (TPSA) is 97.4 Å². The van der Waals surface area contributed by atoms with Gasteiger partial charge in [-0.05, 0) is 37.1 Å². The number of amides is 3. The van der Waals surface area contributed by atoms with Gasteiger partial charge in [0.2, 0.25) is 5.91 Å². The number of aromatic nitrogens is 1. The summed E-state index contributed by atoms with van der Waals surface area (Å²) in [5.41, 5.74) is 2.79. The summed E-state index contributed by atoms with van der Waals surface area (Å²) in [6, 6.07) is 10.8. The van der Waals surface area contributed by atoms with Crippen LogP contribution in [0.1, 0.15) is 27.3 Å². The molecule has 1 aromatic heterocycles. The van der Waals surface area contributed by atoms with E-state index in [1.54, 1.807) is 25.3 Å². The van der Waals surface area contributed by atoms with Crippen LogP contribution < -0.4 is 15.4 Å². The second-order valence-corrected chi connectivity index (χ2v) is 7.26. The maximum atomic E-state index is 12.3. The predicted molar refractivity (Wildman–Crippen MR) is 102 cm³/mol. The van der Waals surface area contributed by atoms with Crippen molar-refractivity contribution in [2.45, 2.75) is 25.1 Å². The Balaban J connectivity index is 1.71. The van der Waals surface area contributed by atoms with Gasteiger partial charge in [-0.25, -0.2) is 4.98 Å². The third-order valence-corrected chi connectivity index (χ3v) is 5.07. The number of hydrogen-bond acceptors (Lipinski definition) is 6. The molecule has 1 aromatic carbocycles. The van der Waals surface area contributed by atoms with Gasteiger partial charge in [-0.2, -0.15) is 0 Å². The largest absolute Gasteiger partial charge is 0.496 e. The maximum absolute atomic E-state index is 12.3. The first kappa shape index (κ1) is 18.9. The van der Waals surface area contributed by atoms with Crippen LogP contribution in [0.15, 0.2) is 36.4 Å². The Labute approximate surface area is 160 Å². The summed E-state index contributed by atoms with van der Waals surface area (Å²) in [5, 5.41) is 4.35. The number of benzene rings is 1. The summed E-state index contributed by atoms with van der Waals surface area (Å²) < 4.78 is 5.36. The van der Waals surface area contributed by atoms with Gasteiger partial charge in [0.1, 0.15) is 11.4 Å². The molecule has 0 bridgehead atoms. The van der Waals surface area contributed by atoms with E-state index in [0.717, 1.165) is 28.6 Å². The van der Waals surface area contributed by atoms with Crippen LogP contribution in [0.25, 0.3) is 0 Å². The molecule has 8 heteroatoms. The minimum atomic E-state index is -0.440. The van der Waals surface area contributed by atoms with Crippen LogP contribution in [0.3, 0.4) is 0 Å². The van der Waals surface area contributed by atoms with E-state index in [0.29, 0.717) is 17.9 Å². The molecule has 7 nitrogen and oxygen atoms in total. The van der Waals surface area contributed by atoms with Crippen molar-refractivity contribution in [3.63, 3.8) is 0 Å². The summed E-state index contributed by atoms with van der Waals surface area (Å²) in [7, 11) is 1.56. The zero-order valence-corrected chi connectivity index (χ0v) is 15.8. The molecule has 2 N–H and O–H groups in total. The van der Waals surface area contributed by atoms with Crippen molar-refractivity contribution in [2.75, 3.05) is 7.11 Å². The SMILES string of the molecule is COc1ccc(CC2SC(=O)NC2=O)cc1CNC(=O)c1cccc(C)n1. The zero-order valence-electron chi connectivity index (χ0n) is 14.9. The Morgan fingerprint density at radius 1 is 1.30 bits per heavy atom. The summed E-state index contributed by atoms with van der Waals surface area (Å²) in [4.78, 5) is 39.6. The van der Waals surface area contributed by atoms with E-state index in [4.69, 9.17) is 4.74 Å². The monoisotopic (exact) mass is 385 g/mol. The molecule has 1 fully saturated rings. The first-order valence-electron chi connectivity index (χ1n) is 8.35. The van der Waals surface area contributed by atoms with Crippen LogP contribution in [0, 0.1) is 6.92 Å². The molecule has 1 atom stereocenters. The lowest BCUT2D eigenvalue weighted by Crippen LogP contribution is -2.26. The van der Waals surface area contributed by atoms with E-state index >= 15 is 0 Å². The van der Waals surface area contributed by atoms with Crippen molar-refractivity contribution >= 4 is 28.8 Å². The Morgan fingerprint density at radius 3 is 2.78 bits per heavy atom. The van der Waals surface area contributed by atoms with Crippen molar-refractivity contribution in [3.05, 3.63) is 58.9 Å². The van der Waals surface area contributed by atoms with Crippen LogP contribution in [-0.4, -0.2) is 34.4 Å². The summed E-state index contributed by atoms with van der Waals surface area (Å²) in [5.74, 6) is 0.0829. The molecule has 140 valence electrons. The summed E-state index contributed by atoms with van der Waals surface area (Å²) >= 11 is 0.992. The number of carbonyl (C=O) groups excluding carboxylic acids is 3. The molecular weight excluding hydrogens is 366 g/mol. The lowest BCUT2D eigenvalue weighted by molar-refractivity contribution is -0.118. The highest BCUT2D eigenvalue weighted by molar-refractivity contribution is 8.15. The Kier molecular flexibility index (Phi) is 5.75. The number of pyridine rings is 1. The van der Waals surface area contributed by atoms with Gasteiger partial charge in [0, 0.05) is 17.8 Å². The third kappa shape index (κ3) is 4.65. The minimum absolute atomic E-state index is 0.258. The standard InChI is InChI=1S/C19H19N3O4S/c1-11-4-3-5-14(21-11)17(23)20-10-13-8-12(6-7-15(13)26-2)9-16-18(24)22-19(25)27-16/h3-8,16H,9-10H2,1-2H3,(H,20,23)(H,22,24,25). The smallest absolute Gasteiger partial charge is 0.286 e. The van der Waals surface area contributed by atoms with Crippen molar-refractivity contribution in [1.29, 1.82) is 0 Å². The predicted octanol–water partition coefficient (Wildman–Crippen LogP) is 2.22. The number of hydrogen-bond donors (Lipinski definition) is 2. The fourth-order valence-electron chi connectivity index (χ4n) is 2.77. The number of thioether (sulfide) groups is 1. The van der Waals surface area contributed by atoms with Crippen molar-refractivity contribution in [2.24, 2.45) is 0 Å². The second kappa shape index (κ2) is 8.22. The summed E-state index contributed by atoms with van der Waals surface area (Å²) in [6.45, 7) is 2.08. The van der Waals surface area contributed by atoms with Gasteiger partial charge in [0.05, 0.1) is 12.4 Å². The molecule has 3 rings (SSSR count). The highest BCUT2D eigenvalue weighted by Crippen LogP contribution is 2.26. The number of imide groups is 1. The van der Waals surface area contributed by atoms with Gasteiger partial charge in [-0.15, -0.1) is 0 Å². The van der Waals surface area contributed by atoms with E-state index in [1.165, 1.54) is 0 Å². The van der Waals surface area contributed by atoms with E-state index in [-0.39, 0.29) is 23.6 Å². The van der Waals surface area contributed by atoms with Gasteiger partial charge in [0.25, 0.3) is 11.1 Å². The molecule has 1 aliphatic heterocycles. The molecule has 27 heavy (non-hydrogen) atoms. The number of ether oxygens (including phenoxy) is 1. The van der Waals surface area contributed by atoms with E-state index in [9.17, 15) is 14.4 Å². The molecular formula is C19H19N3O4S. The highest BCUT2D eigenvalue weighted by Gasteiger charge is 2.31. The van der Waals surface area contributed by atoms with Crippen LogP contribution in [0.2, 0.25) is 0 Å². The average Bonchev–Trinajstić information content (AvgIpc) is 2.96. The van der Waals surface area contributed by atoms with Gasteiger partial charge in [0.15, 0.2) is 0 Å². The van der Waals surface area contributed by atoms with Crippen molar-refractivity contribution in [1.82, 2.24) is 15.6 Å². The molecule has 2 heterocycles. The normalized spacial score (nSPS) is 16.1.